The van der Waals surface area contributed by atoms with E-state index in [0.29, 0.717) is 12.0 Å². The lowest BCUT2D eigenvalue weighted by molar-refractivity contribution is -0.0699. The normalized spacial score (nSPS) is 27.8. The molecular formula is C16H28N4O. The van der Waals surface area contributed by atoms with Crippen LogP contribution < -0.4 is 5.32 Å². The van der Waals surface area contributed by atoms with Gasteiger partial charge >= 0.3 is 0 Å². The van der Waals surface area contributed by atoms with Crippen LogP contribution in [0, 0.1) is 0 Å². The molecule has 0 spiro atoms. The van der Waals surface area contributed by atoms with Crippen LogP contribution in [0.1, 0.15) is 70.9 Å². The zero-order valence-electron chi connectivity index (χ0n) is 13.9. The van der Waals surface area contributed by atoms with Crippen molar-refractivity contribution in [1.29, 1.82) is 0 Å². The minimum Gasteiger partial charge on any atom is -0.368 e. The first-order valence-corrected chi connectivity index (χ1v) is 8.10. The standard InChI is InChI=1S/C16H28N4O/c1-15(2)9-12(16(3,4)21-15)17-10-13-18-19-14(20(13)5)11-7-6-8-11/h11-12,17H,6-10H2,1-5H3. The highest BCUT2D eigenvalue weighted by Gasteiger charge is 2.45. The highest BCUT2D eigenvalue weighted by Crippen LogP contribution is 2.37. The highest BCUT2D eigenvalue weighted by molar-refractivity contribution is 5.06. The van der Waals surface area contributed by atoms with E-state index in [1.165, 1.54) is 19.3 Å². The topological polar surface area (TPSA) is 52.0 Å². The molecule has 5 nitrogen and oxygen atoms in total. The second-order valence-corrected chi connectivity index (χ2v) is 7.76. The molecule has 1 saturated heterocycles. The lowest BCUT2D eigenvalue weighted by Crippen LogP contribution is -2.43. The molecule has 118 valence electrons. The third-order valence-corrected chi connectivity index (χ3v) is 5.05. The van der Waals surface area contributed by atoms with Gasteiger partial charge in [0.25, 0.3) is 0 Å². The molecule has 0 radical (unpaired) electrons. The van der Waals surface area contributed by atoms with Crippen LogP contribution >= 0.6 is 0 Å². The Balaban J connectivity index is 1.64. The van der Waals surface area contributed by atoms with Gasteiger partial charge in [0, 0.05) is 19.0 Å². The zero-order chi connectivity index (χ0) is 15.3. The molecule has 1 aliphatic carbocycles. The Bertz CT molecular complexity index is 516. The average molecular weight is 292 g/mol. The van der Waals surface area contributed by atoms with Crippen LogP contribution in [0.25, 0.3) is 0 Å². The van der Waals surface area contributed by atoms with Crippen molar-refractivity contribution in [3.63, 3.8) is 0 Å². The molecule has 1 aromatic heterocycles. The van der Waals surface area contributed by atoms with Crippen LogP contribution in [0.3, 0.4) is 0 Å². The van der Waals surface area contributed by atoms with E-state index in [9.17, 15) is 0 Å². The molecule has 1 saturated carbocycles. The molecule has 3 rings (SSSR count). The van der Waals surface area contributed by atoms with E-state index >= 15 is 0 Å². The largest absolute Gasteiger partial charge is 0.368 e. The van der Waals surface area contributed by atoms with Crippen molar-refractivity contribution in [3.05, 3.63) is 11.6 Å². The van der Waals surface area contributed by atoms with Crippen molar-refractivity contribution in [1.82, 2.24) is 20.1 Å². The fourth-order valence-electron chi connectivity index (χ4n) is 3.65. The quantitative estimate of drug-likeness (QED) is 0.926. The predicted octanol–water partition coefficient (Wildman–Crippen LogP) is 2.52. The number of aromatic nitrogens is 3. The molecule has 2 fully saturated rings. The summed E-state index contributed by atoms with van der Waals surface area (Å²) in [5.74, 6) is 2.80. The molecule has 2 aliphatic rings. The maximum atomic E-state index is 6.13. The van der Waals surface area contributed by atoms with Crippen molar-refractivity contribution >= 4 is 0 Å². The summed E-state index contributed by atoms with van der Waals surface area (Å²) in [7, 11) is 2.09. The molecule has 0 bridgehead atoms. The highest BCUT2D eigenvalue weighted by atomic mass is 16.5. The monoisotopic (exact) mass is 292 g/mol. The van der Waals surface area contributed by atoms with E-state index in [0.717, 1.165) is 24.6 Å². The summed E-state index contributed by atoms with van der Waals surface area (Å²) in [6.45, 7) is 9.40. The van der Waals surface area contributed by atoms with E-state index in [1.807, 2.05) is 0 Å². The Morgan fingerprint density at radius 3 is 2.48 bits per heavy atom. The second kappa shape index (κ2) is 5.06. The maximum absolute atomic E-state index is 6.13. The molecule has 1 aromatic rings. The third kappa shape index (κ3) is 2.86. The molecule has 0 aromatic carbocycles. The van der Waals surface area contributed by atoms with Gasteiger partial charge in [0.2, 0.25) is 0 Å². The van der Waals surface area contributed by atoms with Gasteiger partial charge < -0.3 is 14.6 Å². The molecule has 21 heavy (non-hydrogen) atoms. The van der Waals surface area contributed by atoms with Crippen molar-refractivity contribution in [3.8, 4) is 0 Å². The number of nitrogens with one attached hydrogen (secondary N) is 1. The first-order valence-electron chi connectivity index (χ1n) is 8.10. The molecule has 1 atom stereocenters. The van der Waals surface area contributed by atoms with Crippen LogP contribution in [-0.4, -0.2) is 32.0 Å². The Hall–Kier alpha value is -0.940. The minimum absolute atomic E-state index is 0.0574. The molecule has 1 N–H and O–H groups in total. The van der Waals surface area contributed by atoms with Gasteiger partial charge in [-0.2, -0.15) is 0 Å². The van der Waals surface area contributed by atoms with Crippen LogP contribution in [-0.2, 0) is 18.3 Å². The predicted molar refractivity (Wildman–Crippen MR) is 82.1 cm³/mol. The lowest BCUT2D eigenvalue weighted by atomic mass is 9.85. The molecule has 1 aliphatic heterocycles. The van der Waals surface area contributed by atoms with Crippen LogP contribution in [0.4, 0.5) is 0 Å². The van der Waals surface area contributed by atoms with Crippen molar-refractivity contribution < 1.29 is 4.74 Å². The summed E-state index contributed by atoms with van der Waals surface area (Å²) in [5, 5.41) is 12.4. The number of rotatable bonds is 4. The van der Waals surface area contributed by atoms with Gasteiger partial charge in [-0.1, -0.05) is 6.42 Å². The Morgan fingerprint density at radius 2 is 1.95 bits per heavy atom. The summed E-state index contributed by atoms with van der Waals surface area (Å²) >= 11 is 0. The van der Waals surface area contributed by atoms with Crippen LogP contribution in [0.15, 0.2) is 0 Å². The Labute approximate surface area is 127 Å². The van der Waals surface area contributed by atoms with Crippen molar-refractivity contribution in [2.24, 2.45) is 7.05 Å². The summed E-state index contributed by atoms with van der Waals surface area (Å²) < 4.78 is 8.30. The van der Waals surface area contributed by atoms with Gasteiger partial charge in [0.05, 0.1) is 17.7 Å². The van der Waals surface area contributed by atoms with Crippen LogP contribution in [0.5, 0.6) is 0 Å². The number of nitrogens with zero attached hydrogens (tertiary/aromatic N) is 3. The van der Waals surface area contributed by atoms with Gasteiger partial charge in [0.1, 0.15) is 11.6 Å². The van der Waals surface area contributed by atoms with E-state index < -0.39 is 0 Å². The zero-order valence-corrected chi connectivity index (χ0v) is 13.9. The third-order valence-electron chi connectivity index (χ3n) is 5.05. The van der Waals surface area contributed by atoms with Gasteiger partial charge in [-0.25, -0.2) is 0 Å². The molecular weight excluding hydrogens is 264 g/mol. The molecule has 0 amide bonds. The summed E-state index contributed by atoms with van der Waals surface area (Å²) in [4.78, 5) is 0. The van der Waals surface area contributed by atoms with Crippen molar-refractivity contribution in [2.75, 3.05) is 0 Å². The fourth-order valence-corrected chi connectivity index (χ4v) is 3.65. The van der Waals surface area contributed by atoms with Gasteiger partial charge in [-0.3, -0.25) is 0 Å². The first-order chi connectivity index (χ1) is 9.78. The van der Waals surface area contributed by atoms with E-state index in [-0.39, 0.29) is 11.2 Å². The van der Waals surface area contributed by atoms with Crippen LogP contribution in [0.2, 0.25) is 0 Å². The average Bonchev–Trinajstić information content (AvgIpc) is 2.73. The number of ether oxygens (including phenoxy) is 1. The van der Waals surface area contributed by atoms with Crippen molar-refractivity contribution in [2.45, 2.75) is 83.1 Å². The number of hydrogen-bond acceptors (Lipinski definition) is 4. The van der Waals surface area contributed by atoms with Gasteiger partial charge in [-0.15, -0.1) is 10.2 Å². The SMILES string of the molecule is Cn1c(CNC2CC(C)(C)OC2(C)C)nnc1C1CCC1. The summed E-state index contributed by atoms with van der Waals surface area (Å²) in [6, 6.07) is 0.344. The molecule has 5 heteroatoms. The first kappa shape index (κ1) is 15.0. The second-order valence-electron chi connectivity index (χ2n) is 7.76. The summed E-state index contributed by atoms with van der Waals surface area (Å²) in [6.07, 6.45) is 4.87. The van der Waals surface area contributed by atoms with E-state index in [2.05, 4.69) is 54.8 Å². The molecule has 2 heterocycles. The lowest BCUT2D eigenvalue weighted by Gasteiger charge is -2.28. The Kier molecular flexibility index (Phi) is 3.61. The van der Waals surface area contributed by atoms with Gasteiger partial charge in [-0.05, 0) is 47.0 Å². The number of hydrogen-bond donors (Lipinski definition) is 1. The Morgan fingerprint density at radius 1 is 1.24 bits per heavy atom. The smallest absolute Gasteiger partial charge is 0.146 e. The van der Waals surface area contributed by atoms with E-state index in [4.69, 9.17) is 4.74 Å². The maximum Gasteiger partial charge on any atom is 0.146 e. The van der Waals surface area contributed by atoms with E-state index in [1.54, 1.807) is 0 Å². The summed E-state index contributed by atoms with van der Waals surface area (Å²) in [5.41, 5.74) is -0.197. The minimum atomic E-state index is -0.140. The fraction of sp³-hybridized carbons (Fsp3) is 0.875. The molecule has 1 unspecified atom stereocenters. The van der Waals surface area contributed by atoms with Gasteiger partial charge in [0.15, 0.2) is 0 Å².